The summed E-state index contributed by atoms with van der Waals surface area (Å²) >= 11 is 0. The van der Waals surface area contributed by atoms with Gasteiger partial charge in [-0.3, -0.25) is 58.2 Å². The fourth-order valence-corrected chi connectivity index (χ4v) is 9.29. The van der Waals surface area contributed by atoms with Crippen LogP contribution in [0.2, 0.25) is 0 Å². The maximum absolute atomic E-state index is 13.8. The van der Waals surface area contributed by atoms with Crippen LogP contribution in [-0.4, -0.2) is 163 Å². The van der Waals surface area contributed by atoms with E-state index in [-0.39, 0.29) is 111 Å². The van der Waals surface area contributed by atoms with Gasteiger partial charge in [-0.1, -0.05) is 6.07 Å². The Morgan fingerprint density at radius 2 is 1.39 bits per heavy atom. The Morgan fingerprint density at radius 1 is 0.716 bits per heavy atom. The van der Waals surface area contributed by atoms with Crippen molar-refractivity contribution in [3.05, 3.63) is 111 Å². The highest BCUT2D eigenvalue weighted by Crippen LogP contribution is 2.42. The minimum atomic E-state index is -1.53. The van der Waals surface area contributed by atoms with Gasteiger partial charge in [0.15, 0.2) is 11.5 Å². The highest BCUT2D eigenvalue weighted by Gasteiger charge is 2.28. The molecule has 2 heterocycles. The third kappa shape index (κ3) is 18.4. The van der Waals surface area contributed by atoms with Gasteiger partial charge in [0.2, 0.25) is 40.8 Å². The lowest BCUT2D eigenvalue weighted by atomic mass is 9.89. The van der Waals surface area contributed by atoms with Crippen LogP contribution in [0.1, 0.15) is 84.2 Å². The molecule has 2 unspecified atom stereocenters. The molecular weight excluding hydrogens is 1150 g/mol. The van der Waals surface area contributed by atoms with Crippen LogP contribution < -0.4 is 66.6 Å². The quantitative estimate of drug-likeness (QED) is 0.00595. The molecule has 2 aliphatic heterocycles. The summed E-state index contributed by atoms with van der Waals surface area (Å²) in [7, 11) is 10.3. The summed E-state index contributed by atoms with van der Waals surface area (Å²) in [6.45, 7) is -0.331. The van der Waals surface area contributed by atoms with Crippen LogP contribution in [0, 0.1) is 10.1 Å². The Hall–Kier alpha value is -10.3. The number of carboxylic acids is 1. The number of anilines is 1. The van der Waals surface area contributed by atoms with Crippen molar-refractivity contribution in [2.45, 2.75) is 64.0 Å². The Morgan fingerprint density at radius 3 is 2.07 bits per heavy atom. The smallest absolute Gasteiger partial charge is 0.278 e. The maximum Gasteiger partial charge on any atom is 0.278 e. The van der Waals surface area contributed by atoms with E-state index in [1.807, 2.05) is 74.1 Å². The highest BCUT2D eigenvalue weighted by molar-refractivity contribution is 6.13. The SMILES string of the molecule is COCNC(=O)CCCOc1cc([N+](=O)[O-])c(C(C)NC(=O)CNC(=O)C(CCCCNC(=O)c2ccc(-c3c4ccc(=[N+](C)C)cc-4oc4cc(N(C)C)ccc34)c(C(=O)[O-])c2)NC(=O)CNC(=O)CNC(=O)CCCN2C(=O)C=CC2=O)cc1OC. The van der Waals surface area contributed by atoms with E-state index < -0.39 is 95.6 Å². The lowest BCUT2D eigenvalue weighted by Gasteiger charge is -2.20. The Labute approximate surface area is 505 Å². The van der Waals surface area contributed by atoms with Crippen LogP contribution in [0.3, 0.4) is 0 Å². The van der Waals surface area contributed by atoms with Gasteiger partial charge in [-0.25, -0.2) is 4.58 Å². The Kier molecular flexibility index (Phi) is 24.1. The van der Waals surface area contributed by atoms with Crippen LogP contribution in [-0.2, 0) is 43.1 Å². The summed E-state index contributed by atoms with van der Waals surface area (Å²) in [4.78, 5) is 142. The number of carbonyl (C=O) groups excluding carboxylic acids is 10. The zero-order chi connectivity index (χ0) is 64.2. The number of benzene rings is 4. The molecule has 3 aromatic rings. The molecule has 0 bridgehead atoms. The summed E-state index contributed by atoms with van der Waals surface area (Å²) < 4.78 is 24.2. The highest BCUT2D eigenvalue weighted by atomic mass is 16.6. The third-order valence-corrected chi connectivity index (χ3v) is 13.9. The molecule has 0 saturated heterocycles. The Balaban J connectivity index is 1.09. The molecule has 0 aromatic heterocycles. The van der Waals surface area contributed by atoms with Crippen molar-refractivity contribution in [2.24, 2.45) is 0 Å². The molecule has 7 N–H and O–H groups in total. The summed E-state index contributed by atoms with van der Waals surface area (Å²) in [5.41, 5.74) is 2.17. The monoisotopic (exact) mass is 1220 g/mol. The second kappa shape index (κ2) is 31.8. The number of nitrogens with zero attached hydrogens (tertiary/aromatic N) is 4. The number of carbonyl (C=O) groups is 10. The number of amides is 9. The van der Waals surface area contributed by atoms with Crippen LogP contribution in [0.15, 0.2) is 83.3 Å². The molecule has 3 aliphatic rings. The number of imide groups is 1. The van der Waals surface area contributed by atoms with Gasteiger partial charge < -0.3 is 70.6 Å². The molecule has 3 aromatic carbocycles. The van der Waals surface area contributed by atoms with Crippen molar-refractivity contribution >= 4 is 81.5 Å². The molecule has 468 valence electrons. The lowest BCUT2D eigenvalue weighted by Crippen LogP contribution is -2.51. The van der Waals surface area contributed by atoms with Gasteiger partial charge in [-0.2, -0.15) is 0 Å². The molecule has 9 amide bonds. The van der Waals surface area contributed by atoms with Gasteiger partial charge >= 0.3 is 0 Å². The number of nitro benzene ring substituents is 1. The van der Waals surface area contributed by atoms with Gasteiger partial charge in [-0.15, -0.1) is 0 Å². The van der Waals surface area contributed by atoms with E-state index in [9.17, 15) is 63.2 Å². The number of methoxy groups -OCH3 is 2. The number of fused-ring (bicyclic) bond motifs is 2. The number of unbranched alkanes of at least 4 members (excludes halogenated alkanes) is 1. The molecule has 28 heteroatoms. The number of nitro groups is 1. The van der Waals surface area contributed by atoms with Crippen LogP contribution in [0.4, 0.5) is 11.4 Å². The number of nitrogens with one attached hydrogen (secondary N) is 7. The zero-order valence-electron chi connectivity index (χ0n) is 49.8. The molecule has 0 fully saturated rings. The molecule has 2 atom stereocenters. The predicted molar refractivity (Wildman–Crippen MR) is 317 cm³/mol. The molecule has 88 heavy (non-hydrogen) atoms. The van der Waals surface area contributed by atoms with Crippen LogP contribution in [0.25, 0.3) is 33.4 Å². The molecule has 6 rings (SSSR count). The fourth-order valence-electron chi connectivity index (χ4n) is 9.29. The van der Waals surface area contributed by atoms with E-state index in [0.717, 1.165) is 34.2 Å². The van der Waals surface area contributed by atoms with Gasteiger partial charge in [0.1, 0.15) is 38.2 Å². The van der Waals surface area contributed by atoms with E-state index >= 15 is 0 Å². The minimum Gasteiger partial charge on any atom is -0.545 e. The molecular formula is C60H71N11O17. The lowest BCUT2D eigenvalue weighted by molar-refractivity contribution is -0.385. The van der Waals surface area contributed by atoms with E-state index in [1.54, 1.807) is 6.07 Å². The third-order valence-electron chi connectivity index (χ3n) is 13.9. The first-order valence-electron chi connectivity index (χ1n) is 28.0. The maximum atomic E-state index is 13.8. The summed E-state index contributed by atoms with van der Waals surface area (Å²) in [5.74, 6) is -6.62. The van der Waals surface area contributed by atoms with Gasteiger partial charge in [0, 0.05) is 105 Å². The normalized spacial score (nSPS) is 12.4. The van der Waals surface area contributed by atoms with Crippen molar-refractivity contribution in [1.82, 2.24) is 46.7 Å². The summed E-state index contributed by atoms with van der Waals surface area (Å²) in [6, 6.07) is 15.5. The van der Waals surface area contributed by atoms with E-state index in [0.29, 0.717) is 27.9 Å². The van der Waals surface area contributed by atoms with E-state index in [4.69, 9.17) is 18.6 Å². The van der Waals surface area contributed by atoms with Gasteiger partial charge in [-0.05, 0) is 81.0 Å². The zero-order valence-corrected chi connectivity index (χ0v) is 49.8. The first-order valence-corrected chi connectivity index (χ1v) is 28.0. The van der Waals surface area contributed by atoms with Crippen LogP contribution >= 0.6 is 0 Å². The molecule has 1 aliphatic carbocycles. The molecule has 0 spiro atoms. The summed E-state index contributed by atoms with van der Waals surface area (Å²) in [6.07, 6.45) is 2.94. The summed E-state index contributed by atoms with van der Waals surface area (Å²) in [5, 5.41) is 44.2. The number of aromatic carboxylic acids is 1. The van der Waals surface area contributed by atoms with E-state index in [2.05, 4.69) is 37.2 Å². The number of hydrogen-bond acceptors (Lipinski definition) is 18. The van der Waals surface area contributed by atoms with Crippen LogP contribution in [0.5, 0.6) is 11.5 Å². The number of hydrogen-bond donors (Lipinski definition) is 7. The molecule has 0 radical (unpaired) electrons. The number of ether oxygens (including phenoxy) is 3. The predicted octanol–water partition coefficient (Wildman–Crippen LogP) is 0.778. The van der Waals surface area contributed by atoms with Crippen molar-refractivity contribution in [3.8, 4) is 33.9 Å². The van der Waals surface area contributed by atoms with Crippen molar-refractivity contribution in [3.63, 3.8) is 0 Å². The van der Waals surface area contributed by atoms with Crippen molar-refractivity contribution in [2.75, 3.05) is 93.4 Å². The van der Waals surface area contributed by atoms with Gasteiger partial charge in [0.05, 0.1) is 68.0 Å². The average molecular weight is 1220 g/mol. The second-order valence-corrected chi connectivity index (χ2v) is 20.7. The van der Waals surface area contributed by atoms with Crippen molar-refractivity contribution < 1.29 is 76.6 Å². The largest absolute Gasteiger partial charge is 0.545 e. The number of rotatable bonds is 32. The van der Waals surface area contributed by atoms with Gasteiger partial charge in [0.25, 0.3) is 23.4 Å². The number of carboxylic acid groups (broad SMARTS) is 1. The van der Waals surface area contributed by atoms with E-state index in [1.165, 1.54) is 39.3 Å². The average Bonchev–Trinajstić information content (AvgIpc) is 1.07. The second-order valence-electron chi connectivity index (χ2n) is 20.7. The standard InChI is InChI=1S/C60H71N11O17/c1-35(42-29-48(86-7)49(30-45(42)71(83)84)87-25-11-14-51(73)65-34-85-6)66-53(75)33-64-59(80)44(67-54(76)32-63-52(74)31-62-50(72)13-10-24-70-55(77)21-22-56(70)78)12-8-9-23-61-58(79)36-15-18-39(43(26-36)60(81)82)57-40-19-16-37(68(2)3)27-46(40)88-47-28-38(69(4)5)17-20-41(47)57/h15-22,26-30,35,44H,8-14,23-25,31-34H2,1-7H3,(H7-,61,62,63,64,65,66,67,72,73,74,75,76,79,80,81,82). The first kappa shape index (κ1) is 66.9. The van der Waals surface area contributed by atoms with Crippen molar-refractivity contribution in [1.29, 1.82) is 0 Å². The minimum absolute atomic E-state index is 0.00600. The fraction of sp³-hybridized carbons (Fsp3) is 0.383. The molecule has 28 nitrogen and oxygen atoms in total. The molecule has 0 saturated carbocycles. The Bertz CT molecular complexity index is 3540. The first-order chi connectivity index (χ1) is 42.0. The topological polar surface area (TPSA) is 371 Å².